The minimum atomic E-state index is -2.38. The van der Waals surface area contributed by atoms with Crippen molar-refractivity contribution in [3.8, 4) is 6.07 Å². The molecule has 0 heterocycles. The van der Waals surface area contributed by atoms with Gasteiger partial charge in [0.1, 0.15) is 0 Å². The molecule has 0 aromatic rings. The summed E-state index contributed by atoms with van der Waals surface area (Å²) in [7, 11) is -2.38. The zero-order valence-corrected chi connectivity index (χ0v) is 15.7. The van der Waals surface area contributed by atoms with Gasteiger partial charge in [0, 0.05) is 30.8 Å². The highest BCUT2D eigenvalue weighted by Gasteiger charge is 2.36. The average molecular weight is 314 g/mol. The van der Waals surface area contributed by atoms with Gasteiger partial charge >= 0.3 is 0 Å². The van der Waals surface area contributed by atoms with Gasteiger partial charge in [-0.3, -0.25) is 4.67 Å². The third-order valence-electron chi connectivity index (χ3n) is 4.17. The smallest absolute Gasteiger partial charge is 0.155 e. The van der Waals surface area contributed by atoms with Crippen molar-refractivity contribution >= 4 is 7.29 Å². The molecule has 0 saturated carbocycles. The van der Waals surface area contributed by atoms with Crippen molar-refractivity contribution in [2.24, 2.45) is 0 Å². The number of hydrogen-bond acceptors (Lipinski definition) is 2. The highest BCUT2D eigenvalue weighted by molar-refractivity contribution is 7.62. The van der Waals surface area contributed by atoms with Gasteiger partial charge in [-0.15, -0.1) is 0 Å². The summed E-state index contributed by atoms with van der Waals surface area (Å²) < 4.78 is 15.5. The van der Waals surface area contributed by atoms with Crippen molar-refractivity contribution in [3.05, 3.63) is 0 Å². The summed E-state index contributed by atoms with van der Waals surface area (Å²) in [5, 5.41) is 8.86. The molecule has 0 aliphatic carbocycles. The SMILES string of the molecule is CCCCCCCCN(CCC#N)P(=O)(C(C)C)C(C)C. The van der Waals surface area contributed by atoms with Gasteiger partial charge in [-0.25, -0.2) is 0 Å². The number of nitriles is 1. The van der Waals surface area contributed by atoms with Gasteiger partial charge in [-0.1, -0.05) is 66.7 Å². The molecule has 21 heavy (non-hydrogen) atoms. The quantitative estimate of drug-likeness (QED) is 0.345. The largest absolute Gasteiger partial charge is 0.306 e. The van der Waals surface area contributed by atoms with E-state index in [1.165, 1.54) is 32.1 Å². The second-order valence-electron chi connectivity index (χ2n) is 6.49. The Kier molecular flexibility index (Phi) is 11.1. The standard InChI is InChI=1S/C17H35N2OP/c1-6-7-8-9-10-11-14-19(15-12-13-18)21(20,16(2)3)17(4)5/h16-17H,6-12,14-15H2,1-5H3. The second kappa shape index (κ2) is 11.3. The minimum absolute atomic E-state index is 0.163. The van der Waals surface area contributed by atoms with Gasteiger partial charge in [0.25, 0.3) is 0 Å². The highest BCUT2D eigenvalue weighted by atomic mass is 31.2. The van der Waals surface area contributed by atoms with Crippen LogP contribution in [0.3, 0.4) is 0 Å². The first-order valence-electron chi connectivity index (χ1n) is 8.63. The van der Waals surface area contributed by atoms with Gasteiger partial charge in [0.15, 0.2) is 7.29 Å². The lowest BCUT2D eigenvalue weighted by atomic mass is 10.1. The molecule has 0 aliphatic heterocycles. The van der Waals surface area contributed by atoms with Crippen LogP contribution < -0.4 is 0 Å². The maximum Gasteiger partial charge on any atom is 0.155 e. The van der Waals surface area contributed by atoms with Crippen LogP contribution in [-0.2, 0) is 4.57 Å². The molecule has 0 rings (SSSR count). The molecular formula is C17H35N2OP. The Hall–Kier alpha value is -0.320. The third-order valence-corrected chi connectivity index (χ3v) is 8.42. The number of rotatable bonds is 12. The summed E-state index contributed by atoms with van der Waals surface area (Å²) in [6.07, 6.45) is 7.93. The molecule has 0 aromatic carbocycles. The maximum absolute atomic E-state index is 13.4. The molecule has 3 nitrogen and oxygen atoms in total. The van der Waals surface area contributed by atoms with Crippen LogP contribution in [0.15, 0.2) is 0 Å². The lowest BCUT2D eigenvalue weighted by Crippen LogP contribution is -2.30. The molecule has 0 aliphatic rings. The van der Waals surface area contributed by atoms with E-state index in [4.69, 9.17) is 5.26 Å². The molecule has 0 spiro atoms. The van der Waals surface area contributed by atoms with E-state index in [2.05, 4.69) is 45.4 Å². The lowest BCUT2D eigenvalue weighted by molar-refractivity contribution is 0.390. The summed E-state index contributed by atoms with van der Waals surface area (Å²) in [6.45, 7) is 12.0. The molecule has 0 N–H and O–H groups in total. The molecular weight excluding hydrogens is 279 g/mol. The number of unbranched alkanes of at least 4 members (excludes halogenated alkanes) is 5. The summed E-state index contributed by atoms with van der Waals surface area (Å²) >= 11 is 0. The first-order valence-corrected chi connectivity index (χ1v) is 10.4. The fraction of sp³-hybridized carbons (Fsp3) is 0.941. The Bertz CT molecular complexity index is 335. The van der Waals surface area contributed by atoms with Crippen LogP contribution in [0.5, 0.6) is 0 Å². The van der Waals surface area contributed by atoms with Crippen LogP contribution >= 0.6 is 7.29 Å². The molecule has 0 radical (unpaired) electrons. The zero-order chi connectivity index (χ0) is 16.3. The van der Waals surface area contributed by atoms with Crippen molar-refractivity contribution in [2.45, 2.75) is 90.9 Å². The summed E-state index contributed by atoms with van der Waals surface area (Å²) in [4.78, 5) is 0. The highest BCUT2D eigenvalue weighted by Crippen LogP contribution is 2.58. The molecule has 4 heteroatoms. The topological polar surface area (TPSA) is 44.1 Å². The zero-order valence-electron chi connectivity index (χ0n) is 14.8. The van der Waals surface area contributed by atoms with E-state index in [0.717, 1.165) is 13.0 Å². The molecule has 0 bridgehead atoms. The fourth-order valence-electron chi connectivity index (χ4n) is 2.93. The first kappa shape index (κ1) is 20.7. The van der Waals surface area contributed by atoms with E-state index in [0.29, 0.717) is 13.0 Å². The van der Waals surface area contributed by atoms with Crippen LogP contribution in [0.2, 0.25) is 0 Å². The Morgan fingerprint density at radius 2 is 1.48 bits per heavy atom. The Morgan fingerprint density at radius 3 is 1.95 bits per heavy atom. The van der Waals surface area contributed by atoms with Crippen molar-refractivity contribution < 1.29 is 4.57 Å². The number of nitrogens with zero attached hydrogens (tertiary/aromatic N) is 2. The third kappa shape index (κ3) is 6.98. The molecule has 124 valence electrons. The van der Waals surface area contributed by atoms with E-state index in [1.807, 2.05) is 0 Å². The Labute approximate surface area is 132 Å². The molecule has 0 saturated heterocycles. The van der Waals surface area contributed by atoms with E-state index in [9.17, 15) is 4.57 Å². The van der Waals surface area contributed by atoms with Crippen molar-refractivity contribution in [1.82, 2.24) is 4.67 Å². The Balaban J connectivity index is 4.57. The van der Waals surface area contributed by atoms with Gasteiger partial charge in [0.2, 0.25) is 0 Å². The minimum Gasteiger partial charge on any atom is -0.306 e. The van der Waals surface area contributed by atoms with Gasteiger partial charge in [-0.05, 0) is 6.42 Å². The van der Waals surface area contributed by atoms with Crippen LogP contribution in [0, 0.1) is 11.3 Å². The van der Waals surface area contributed by atoms with Crippen LogP contribution in [0.1, 0.15) is 79.6 Å². The van der Waals surface area contributed by atoms with Crippen LogP contribution in [0.25, 0.3) is 0 Å². The second-order valence-corrected chi connectivity index (χ2v) is 10.5. The lowest BCUT2D eigenvalue weighted by Gasteiger charge is -2.37. The predicted octanol–water partition coefficient (Wildman–Crippen LogP) is 5.66. The van der Waals surface area contributed by atoms with Gasteiger partial charge in [-0.2, -0.15) is 5.26 Å². The van der Waals surface area contributed by atoms with E-state index < -0.39 is 7.29 Å². The van der Waals surface area contributed by atoms with E-state index in [-0.39, 0.29) is 11.3 Å². The maximum atomic E-state index is 13.4. The van der Waals surface area contributed by atoms with Crippen molar-refractivity contribution in [1.29, 1.82) is 5.26 Å². The Morgan fingerprint density at radius 1 is 0.952 bits per heavy atom. The van der Waals surface area contributed by atoms with Crippen molar-refractivity contribution in [3.63, 3.8) is 0 Å². The van der Waals surface area contributed by atoms with E-state index >= 15 is 0 Å². The van der Waals surface area contributed by atoms with Crippen LogP contribution in [0.4, 0.5) is 0 Å². The molecule has 0 amide bonds. The molecule has 0 atom stereocenters. The molecule has 0 aromatic heterocycles. The predicted molar refractivity (Wildman–Crippen MR) is 93.1 cm³/mol. The van der Waals surface area contributed by atoms with Gasteiger partial charge < -0.3 is 4.57 Å². The normalized spacial score (nSPS) is 12.3. The van der Waals surface area contributed by atoms with Gasteiger partial charge in [0.05, 0.1) is 6.07 Å². The summed E-state index contributed by atoms with van der Waals surface area (Å²) in [5.74, 6) is 0. The van der Waals surface area contributed by atoms with Crippen LogP contribution in [-0.4, -0.2) is 29.1 Å². The first-order chi connectivity index (χ1) is 9.91. The monoisotopic (exact) mass is 314 g/mol. The van der Waals surface area contributed by atoms with E-state index in [1.54, 1.807) is 0 Å². The molecule has 0 fully saturated rings. The summed E-state index contributed by atoms with van der Waals surface area (Å²) in [5.41, 5.74) is 0.326. The average Bonchev–Trinajstić information content (AvgIpc) is 2.44. The molecule has 0 unspecified atom stereocenters. The number of hydrogen-bond donors (Lipinski definition) is 0. The summed E-state index contributed by atoms with van der Waals surface area (Å²) in [6, 6.07) is 2.20. The van der Waals surface area contributed by atoms with Crippen molar-refractivity contribution in [2.75, 3.05) is 13.1 Å². The fourth-order valence-corrected chi connectivity index (χ4v) is 6.29.